The van der Waals surface area contributed by atoms with Gasteiger partial charge >= 0.3 is 0 Å². The Labute approximate surface area is 187 Å². The molecule has 1 heterocycles. The molecule has 1 aromatic heterocycles. The molecule has 0 aliphatic carbocycles. The fourth-order valence-electron chi connectivity index (χ4n) is 3.56. The molecular formula is C26H25N3O3. The van der Waals surface area contributed by atoms with Gasteiger partial charge in [-0.05, 0) is 42.3 Å². The number of nitrogens with one attached hydrogen (secondary N) is 1. The average molecular weight is 428 g/mol. The normalized spacial score (nSPS) is 10.6. The first-order chi connectivity index (χ1) is 15.6. The van der Waals surface area contributed by atoms with E-state index in [1.165, 1.54) is 0 Å². The number of hydrogen-bond acceptors (Lipinski definition) is 4. The molecule has 0 aliphatic rings. The van der Waals surface area contributed by atoms with Crippen LogP contribution < -0.4 is 14.8 Å². The van der Waals surface area contributed by atoms with E-state index in [1.54, 1.807) is 25.1 Å². The van der Waals surface area contributed by atoms with E-state index in [9.17, 15) is 4.79 Å². The number of methoxy groups -OCH3 is 2. The second-order valence-corrected chi connectivity index (χ2v) is 7.36. The molecule has 32 heavy (non-hydrogen) atoms. The van der Waals surface area contributed by atoms with Gasteiger partial charge in [-0.25, -0.2) is 4.68 Å². The topological polar surface area (TPSA) is 65.4 Å². The zero-order chi connectivity index (χ0) is 22.5. The average Bonchev–Trinajstić information content (AvgIpc) is 3.28. The highest BCUT2D eigenvalue weighted by Crippen LogP contribution is 2.28. The smallest absolute Gasteiger partial charge is 0.255 e. The van der Waals surface area contributed by atoms with Crippen LogP contribution in [-0.4, -0.2) is 29.9 Å². The second kappa shape index (κ2) is 9.39. The van der Waals surface area contributed by atoms with E-state index >= 15 is 0 Å². The molecule has 6 heteroatoms. The van der Waals surface area contributed by atoms with E-state index < -0.39 is 0 Å². The highest BCUT2D eigenvalue weighted by atomic mass is 16.5. The number of para-hydroxylation sites is 1. The quantitative estimate of drug-likeness (QED) is 0.460. The fourth-order valence-corrected chi connectivity index (χ4v) is 3.56. The van der Waals surface area contributed by atoms with Crippen LogP contribution in [0.3, 0.4) is 0 Å². The highest BCUT2D eigenvalue weighted by Gasteiger charge is 2.20. The lowest BCUT2D eigenvalue weighted by molar-refractivity contribution is 0.0951. The van der Waals surface area contributed by atoms with Crippen molar-refractivity contribution >= 4 is 5.91 Å². The zero-order valence-electron chi connectivity index (χ0n) is 18.3. The minimum absolute atomic E-state index is 0.194. The van der Waals surface area contributed by atoms with Crippen molar-refractivity contribution in [2.45, 2.75) is 13.5 Å². The molecule has 0 saturated carbocycles. The Bertz CT molecular complexity index is 1230. The van der Waals surface area contributed by atoms with Gasteiger partial charge < -0.3 is 14.8 Å². The molecule has 6 nitrogen and oxygen atoms in total. The van der Waals surface area contributed by atoms with Gasteiger partial charge in [-0.2, -0.15) is 5.10 Å². The third-order valence-corrected chi connectivity index (χ3v) is 5.28. The molecule has 1 N–H and O–H groups in total. The van der Waals surface area contributed by atoms with E-state index in [0.717, 1.165) is 22.4 Å². The molecule has 0 spiro atoms. The lowest BCUT2D eigenvalue weighted by Crippen LogP contribution is -2.23. The van der Waals surface area contributed by atoms with E-state index in [1.807, 2.05) is 79.7 Å². The van der Waals surface area contributed by atoms with Crippen molar-refractivity contribution in [2.75, 3.05) is 14.2 Å². The summed E-state index contributed by atoms with van der Waals surface area (Å²) in [7, 11) is 3.18. The first-order valence-corrected chi connectivity index (χ1v) is 10.3. The number of ether oxygens (including phenoxy) is 2. The van der Waals surface area contributed by atoms with E-state index in [2.05, 4.69) is 5.32 Å². The lowest BCUT2D eigenvalue weighted by atomic mass is 10.0. The molecule has 0 saturated heterocycles. The number of carbonyl (C=O) groups is 1. The summed E-state index contributed by atoms with van der Waals surface area (Å²) >= 11 is 0. The fraction of sp³-hybridized carbons (Fsp3) is 0.154. The number of benzene rings is 3. The van der Waals surface area contributed by atoms with E-state index in [4.69, 9.17) is 14.6 Å². The number of aryl methyl sites for hydroxylation is 1. The number of aromatic nitrogens is 2. The Morgan fingerprint density at radius 2 is 1.66 bits per heavy atom. The van der Waals surface area contributed by atoms with Crippen LogP contribution in [0.2, 0.25) is 0 Å². The Morgan fingerprint density at radius 3 is 2.38 bits per heavy atom. The lowest BCUT2D eigenvalue weighted by Gasteiger charge is -2.10. The molecule has 162 valence electrons. The molecule has 0 unspecified atom stereocenters. The minimum Gasteiger partial charge on any atom is -0.493 e. The SMILES string of the molecule is COc1ccc(CNC(=O)c2cn(-c3ccccc3)nc2-c2ccccc2C)cc1OC. The summed E-state index contributed by atoms with van der Waals surface area (Å²) in [4.78, 5) is 13.2. The van der Waals surface area contributed by atoms with Crippen molar-refractivity contribution in [1.82, 2.24) is 15.1 Å². The van der Waals surface area contributed by atoms with Crippen molar-refractivity contribution < 1.29 is 14.3 Å². The molecule has 0 aliphatic heterocycles. The van der Waals surface area contributed by atoms with Gasteiger partial charge in [-0.3, -0.25) is 4.79 Å². The number of amides is 1. The van der Waals surface area contributed by atoms with Gasteiger partial charge in [-0.1, -0.05) is 48.5 Å². The molecule has 1 amide bonds. The largest absolute Gasteiger partial charge is 0.493 e. The molecule has 0 bridgehead atoms. The monoisotopic (exact) mass is 427 g/mol. The maximum absolute atomic E-state index is 13.2. The second-order valence-electron chi connectivity index (χ2n) is 7.36. The zero-order valence-corrected chi connectivity index (χ0v) is 18.3. The third-order valence-electron chi connectivity index (χ3n) is 5.28. The van der Waals surface area contributed by atoms with Crippen LogP contribution >= 0.6 is 0 Å². The van der Waals surface area contributed by atoms with Crippen LogP contribution in [0.15, 0.2) is 79.0 Å². The minimum atomic E-state index is -0.194. The summed E-state index contributed by atoms with van der Waals surface area (Å²) in [5.41, 5.74) is 4.95. The van der Waals surface area contributed by atoms with Gasteiger partial charge in [0, 0.05) is 18.3 Å². The Balaban J connectivity index is 1.65. The van der Waals surface area contributed by atoms with Crippen molar-refractivity contribution in [1.29, 1.82) is 0 Å². The molecule has 4 rings (SSSR count). The van der Waals surface area contributed by atoms with Crippen molar-refractivity contribution in [3.8, 4) is 28.4 Å². The van der Waals surface area contributed by atoms with Crippen LogP contribution in [-0.2, 0) is 6.54 Å². The molecule has 0 radical (unpaired) electrons. The number of rotatable bonds is 7. The van der Waals surface area contributed by atoms with E-state index in [0.29, 0.717) is 29.3 Å². The highest BCUT2D eigenvalue weighted by molar-refractivity contribution is 6.00. The summed E-state index contributed by atoms with van der Waals surface area (Å²) in [5.74, 6) is 1.07. The number of nitrogens with zero attached hydrogens (tertiary/aromatic N) is 2. The maximum Gasteiger partial charge on any atom is 0.255 e. The number of hydrogen-bond donors (Lipinski definition) is 1. The molecule has 4 aromatic rings. The van der Waals surface area contributed by atoms with E-state index in [-0.39, 0.29) is 5.91 Å². The summed E-state index contributed by atoms with van der Waals surface area (Å²) in [6.07, 6.45) is 1.78. The predicted octanol–water partition coefficient (Wildman–Crippen LogP) is 4.79. The molecule has 0 fully saturated rings. The number of carbonyl (C=O) groups excluding carboxylic acids is 1. The van der Waals surface area contributed by atoms with Crippen molar-refractivity contribution in [3.63, 3.8) is 0 Å². The van der Waals surface area contributed by atoms with Crippen molar-refractivity contribution in [3.05, 3.63) is 95.7 Å². The van der Waals surface area contributed by atoms with Crippen LogP contribution in [0.1, 0.15) is 21.5 Å². The van der Waals surface area contributed by atoms with Crippen molar-refractivity contribution in [2.24, 2.45) is 0 Å². The third kappa shape index (κ3) is 4.34. The Hall–Kier alpha value is -4.06. The van der Waals surface area contributed by atoms with Gasteiger partial charge in [0.2, 0.25) is 0 Å². The van der Waals surface area contributed by atoms with Crippen LogP contribution in [0, 0.1) is 6.92 Å². The standard InChI is InChI=1S/C26H25N3O3/c1-18-9-7-8-12-21(18)25-22(17-29(28-25)20-10-5-4-6-11-20)26(30)27-16-19-13-14-23(31-2)24(15-19)32-3/h4-15,17H,16H2,1-3H3,(H,27,30). The Kier molecular flexibility index (Phi) is 6.22. The van der Waals surface area contributed by atoms with Crippen LogP contribution in [0.25, 0.3) is 16.9 Å². The molecule has 3 aromatic carbocycles. The predicted molar refractivity (Wildman–Crippen MR) is 124 cm³/mol. The molecule has 0 atom stereocenters. The van der Waals surface area contributed by atoms with Gasteiger partial charge in [-0.15, -0.1) is 0 Å². The molecular weight excluding hydrogens is 402 g/mol. The first-order valence-electron chi connectivity index (χ1n) is 10.3. The Morgan fingerprint density at radius 1 is 0.938 bits per heavy atom. The summed E-state index contributed by atoms with van der Waals surface area (Å²) in [5, 5.41) is 7.77. The van der Waals surface area contributed by atoms with Gasteiger partial charge in [0.1, 0.15) is 5.69 Å². The summed E-state index contributed by atoms with van der Waals surface area (Å²) in [6.45, 7) is 2.37. The summed E-state index contributed by atoms with van der Waals surface area (Å²) < 4.78 is 12.4. The van der Waals surface area contributed by atoms with Crippen LogP contribution in [0.4, 0.5) is 0 Å². The first kappa shape index (κ1) is 21.2. The maximum atomic E-state index is 13.2. The van der Waals surface area contributed by atoms with Gasteiger partial charge in [0.15, 0.2) is 11.5 Å². The van der Waals surface area contributed by atoms with Crippen LogP contribution in [0.5, 0.6) is 11.5 Å². The van der Waals surface area contributed by atoms with Gasteiger partial charge in [0.05, 0.1) is 25.5 Å². The van der Waals surface area contributed by atoms with Gasteiger partial charge in [0.25, 0.3) is 5.91 Å². The summed E-state index contributed by atoms with van der Waals surface area (Å²) in [6, 6.07) is 23.3.